The molecule has 1 amide bonds. The molecule has 0 saturated heterocycles. The Morgan fingerprint density at radius 3 is 2.30 bits per heavy atom. The number of amides is 1. The first-order chi connectivity index (χ1) is 9.49. The Labute approximate surface area is 115 Å². The molecular weight excluding hydrogens is 269 g/mol. The highest BCUT2D eigenvalue weighted by molar-refractivity contribution is 5.81. The maximum atomic E-state index is 13.7. The number of carbonyl (C=O) groups excluding carboxylic acids is 1. The molecule has 1 aromatic carbocycles. The zero-order valence-electron chi connectivity index (χ0n) is 11.0. The lowest BCUT2D eigenvalue weighted by atomic mass is 9.93. The van der Waals surface area contributed by atoms with E-state index in [4.69, 9.17) is 5.73 Å². The first-order valence-electron chi connectivity index (χ1n) is 6.69. The number of hydrogen-bond donors (Lipinski definition) is 2. The highest BCUT2D eigenvalue weighted by Crippen LogP contribution is 2.24. The Morgan fingerprint density at radius 1 is 1.10 bits per heavy atom. The van der Waals surface area contributed by atoms with Crippen LogP contribution in [-0.4, -0.2) is 11.9 Å². The fourth-order valence-corrected chi connectivity index (χ4v) is 2.59. The van der Waals surface area contributed by atoms with Crippen LogP contribution in [0.2, 0.25) is 0 Å². The van der Waals surface area contributed by atoms with Gasteiger partial charge in [-0.05, 0) is 18.9 Å². The maximum Gasteiger partial charge on any atom is 0.239 e. The average Bonchev–Trinajstić information content (AvgIpc) is 2.41. The van der Waals surface area contributed by atoms with Gasteiger partial charge in [-0.25, -0.2) is 13.2 Å². The lowest BCUT2D eigenvalue weighted by molar-refractivity contribution is -0.120. The third kappa shape index (κ3) is 3.30. The van der Waals surface area contributed by atoms with Crippen molar-refractivity contribution in [2.45, 2.75) is 44.2 Å². The summed E-state index contributed by atoms with van der Waals surface area (Å²) in [6.45, 7) is 0. The van der Waals surface area contributed by atoms with Crippen molar-refractivity contribution >= 4 is 5.91 Å². The number of rotatable bonds is 4. The molecule has 1 aliphatic rings. The van der Waals surface area contributed by atoms with Crippen LogP contribution in [0, 0.1) is 17.5 Å². The second-order valence-electron chi connectivity index (χ2n) is 5.12. The van der Waals surface area contributed by atoms with Crippen molar-refractivity contribution in [2.75, 3.05) is 0 Å². The predicted molar refractivity (Wildman–Crippen MR) is 68.3 cm³/mol. The highest BCUT2D eigenvalue weighted by Gasteiger charge is 2.26. The summed E-state index contributed by atoms with van der Waals surface area (Å²) < 4.78 is 39.9. The molecule has 20 heavy (non-hydrogen) atoms. The standard InChI is InChI=1S/C14H17F3N2O/c15-10-7-12(17)11(16)6-9(10)13(14(18)20)19-8-4-2-1-3-5-8/h6-8,13,19H,1-5H2,(H2,18,20). The lowest BCUT2D eigenvalue weighted by Crippen LogP contribution is -2.41. The molecule has 0 spiro atoms. The van der Waals surface area contributed by atoms with Crippen molar-refractivity contribution in [3.8, 4) is 0 Å². The van der Waals surface area contributed by atoms with E-state index < -0.39 is 29.4 Å². The summed E-state index contributed by atoms with van der Waals surface area (Å²) in [7, 11) is 0. The fourth-order valence-electron chi connectivity index (χ4n) is 2.59. The Kier molecular flexibility index (Phi) is 4.65. The zero-order valence-corrected chi connectivity index (χ0v) is 11.0. The van der Waals surface area contributed by atoms with E-state index in [9.17, 15) is 18.0 Å². The van der Waals surface area contributed by atoms with Gasteiger partial charge >= 0.3 is 0 Å². The van der Waals surface area contributed by atoms with Gasteiger partial charge in [0.05, 0.1) is 0 Å². The largest absolute Gasteiger partial charge is 0.368 e. The van der Waals surface area contributed by atoms with Crippen molar-refractivity contribution in [3.05, 3.63) is 35.1 Å². The fraction of sp³-hybridized carbons (Fsp3) is 0.500. The van der Waals surface area contributed by atoms with Crippen molar-refractivity contribution in [1.82, 2.24) is 5.32 Å². The molecule has 6 heteroatoms. The summed E-state index contributed by atoms with van der Waals surface area (Å²) in [4.78, 5) is 11.5. The molecule has 0 radical (unpaired) electrons. The van der Waals surface area contributed by atoms with Crippen LogP contribution in [0.4, 0.5) is 13.2 Å². The molecule has 1 fully saturated rings. The van der Waals surface area contributed by atoms with Crippen LogP contribution in [0.1, 0.15) is 43.7 Å². The van der Waals surface area contributed by atoms with E-state index in [0.717, 1.165) is 32.1 Å². The van der Waals surface area contributed by atoms with Crippen LogP contribution >= 0.6 is 0 Å². The van der Waals surface area contributed by atoms with Gasteiger partial charge < -0.3 is 5.73 Å². The van der Waals surface area contributed by atoms with Gasteiger partial charge in [0, 0.05) is 17.7 Å². The zero-order chi connectivity index (χ0) is 14.7. The quantitative estimate of drug-likeness (QED) is 0.836. The van der Waals surface area contributed by atoms with Gasteiger partial charge in [-0.15, -0.1) is 0 Å². The van der Waals surface area contributed by atoms with Gasteiger partial charge in [-0.1, -0.05) is 19.3 Å². The summed E-state index contributed by atoms with van der Waals surface area (Å²) in [6, 6.07) is 0.0148. The van der Waals surface area contributed by atoms with E-state index in [1.807, 2.05) is 0 Å². The van der Waals surface area contributed by atoms with Crippen molar-refractivity contribution in [1.29, 1.82) is 0 Å². The molecule has 3 nitrogen and oxygen atoms in total. The van der Waals surface area contributed by atoms with E-state index in [0.29, 0.717) is 12.1 Å². The van der Waals surface area contributed by atoms with Crippen molar-refractivity contribution in [2.24, 2.45) is 5.73 Å². The molecule has 110 valence electrons. The minimum atomic E-state index is -1.29. The molecule has 1 atom stereocenters. The van der Waals surface area contributed by atoms with Crippen LogP contribution in [0.15, 0.2) is 12.1 Å². The number of carbonyl (C=O) groups is 1. The van der Waals surface area contributed by atoms with Crippen molar-refractivity contribution < 1.29 is 18.0 Å². The topological polar surface area (TPSA) is 55.1 Å². The van der Waals surface area contributed by atoms with E-state index in [2.05, 4.69) is 5.32 Å². The molecule has 1 aromatic rings. The van der Waals surface area contributed by atoms with Gasteiger partial charge in [-0.3, -0.25) is 10.1 Å². The van der Waals surface area contributed by atoms with Crippen molar-refractivity contribution in [3.63, 3.8) is 0 Å². The molecule has 2 rings (SSSR count). The summed E-state index contributed by atoms with van der Waals surface area (Å²) in [6.07, 6.45) is 4.87. The van der Waals surface area contributed by atoms with Gasteiger partial charge in [0.25, 0.3) is 0 Å². The molecular formula is C14H17F3N2O. The van der Waals surface area contributed by atoms with E-state index in [-0.39, 0.29) is 11.6 Å². The number of nitrogens with two attached hydrogens (primary N) is 1. The predicted octanol–water partition coefficient (Wildman–Crippen LogP) is 2.55. The summed E-state index contributed by atoms with van der Waals surface area (Å²) in [5.74, 6) is -4.26. The normalized spacial score (nSPS) is 17.9. The lowest BCUT2D eigenvalue weighted by Gasteiger charge is -2.27. The molecule has 0 aromatic heterocycles. The number of nitrogens with one attached hydrogen (secondary N) is 1. The molecule has 1 aliphatic carbocycles. The molecule has 1 unspecified atom stereocenters. The maximum absolute atomic E-state index is 13.7. The third-order valence-electron chi connectivity index (χ3n) is 3.64. The number of halogens is 3. The molecule has 0 bridgehead atoms. The highest BCUT2D eigenvalue weighted by atomic mass is 19.2. The first kappa shape index (κ1) is 14.8. The van der Waals surface area contributed by atoms with E-state index in [1.165, 1.54) is 0 Å². The summed E-state index contributed by atoms with van der Waals surface area (Å²) >= 11 is 0. The van der Waals surface area contributed by atoms with Gasteiger partial charge in [0.1, 0.15) is 11.9 Å². The first-order valence-corrected chi connectivity index (χ1v) is 6.69. The van der Waals surface area contributed by atoms with Gasteiger partial charge in [0.15, 0.2) is 11.6 Å². The number of primary amides is 1. The van der Waals surface area contributed by atoms with Crippen LogP contribution < -0.4 is 11.1 Å². The average molecular weight is 286 g/mol. The van der Waals surface area contributed by atoms with E-state index >= 15 is 0 Å². The summed E-state index contributed by atoms with van der Waals surface area (Å²) in [5, 5.41) is 2.96. The minimum Gasteiger partial charge on any atom is -0.368 e. The Bertz CT molecular complexity index is 501. The second kappa shape index (κ2) is 6.26. The second-order valence-corrected chi connectivity index (χ2v) is 5.12. The van der Waals surface area contributed by atoms with Crippen LogP contribution in [-0.2, 0) is 4.79 Å². The molecule has 0 aliphatic heterocycles. The molecule has 1 saturated carbocycles. The Hall–Kier alpha value is -1.56. The van der Waals surface area contributed by atoms with Crippen LogP contribution in [0.5, 0.6) is 0 Å². The number of benzene rings is 1. The smallest absolute Gasteiger partial charge is 0.239 e. The van der Waals surface area contributed by atoms with Gasteiger partial charge in [0.2, 0.25) is 5.91 Å². The Balaban J connectivity index is 2.24. The van der Waals surface area contributed by atoms with Gasteiger partial charge in [-0.2, -0.15) is 0 Å². The minimum absolute atomic E-state index is 0.0359. The SMILES string of the molecule is NC(=O)C(NC1CCCCC1)c1cc(F)c(F)cc1F. The number of hydrogen-bond acceptors (Lipinski definition) is 2. The third-order valence-corrected chi connectivity index (χ3v) is 3.64. The monoisotopic (exact) mass is 286 g/mol. The van der Waals surface area contributed by atoms with Crippen LogP contribution in [0.3, 0.4) is 0 Å². The summed E-state index contributed by atoms with van der Waals surface area (Å²) in [5.41, 5.74) is 5.01. The Morgan fingerprint density at radius 2 is 1.70 bits per heavy atom. The van der Waals surface area contributed by atoms with E-state index in [1.54, 1.807) is 0 Å². The van der Waals surface area contributed by atoms with Crippen LogP contribution in [0.25, 0.3) is 0 Å². The molecule has 3 N–H and O–H groups in total. The molecule has 0 heterocycles.